The summed E-state index contributed by atoms with van der Waals surface area (Å²) in [7, 11) is 0. The number of aliphatic hydroxyl groups is 3. The predicted molar refractivity (Wildman–Crippen MR) is 289 cm³/mol. The minimum Gasteiger partial charge on any atom is -0.504 e. The van der Waals surface area contributed by atoms with Crippen molar-refractivity contribution in [3.63, 3.8) is 0 Å². The summed E-state index contributed by atoms with van der Waals surface area (Å²) in [6.07, 6.45) is -1.74. The van der Waals surface area contributed by atoms with Crippen molar-refractivity contribution < 1.29 is 98.0 Å². The second kappa shape index (κ2) is 34.1. The number of aromatic nitrogens is 1. The van der Waals surface area contributed by atoms with E-state index in [0.717, 1.165) is 12.1 Å². The lowest BCUT2D eigenvalue weighted by Gasteiger charge is -2.27. The van der Waals surface area contributed by atoms with Gasteiger partial charge in [0.2, 0.25) is 66.0 Å². The molecule has 34 nitrogen and oxygen atoms in total. The lowest BCUT2D eigenvalue weighted by molar-refractivity contribution is -0.674. The molecule has 0 spiro atoms. The number of nitrogens with one attached hydrogen (secondary N) is 10. The fourth-order valence-corrected chi connectivity index (χ4v) is 8.99. The lowest BCUT2D eigenvalue weighted by Crippen LogP contribution is -2.60. The van der Waals surface area contributed by atoms with Crippen LogP contribution in [0.4, 0.5) is 11.5 Å². The average molecular weight is 1190 g/mol. The monoisotopic (exact) mass is 1190 g/mol. The SMILES string of the molecule is NCCCCC(NC(=O)C(CO)NC(=O)C1CCNc2c(NC(=O)CCC(O)C(N)=O)cc3cc(O)c(O)cc3[n+]21)C(=O)NCC(=O)NC(CCCN(O)C=O)C(=O)NC1CCCCNC(=O)C(CO)NC(=O)C(CCCN(O)C=O)NC1=O. The number of rotatable bonds is 31. The molecule has 1 aromatic carbocycles. The number of hydroxylamine groups is 4. The second-order valence-corrected chi connectivity index (χ2v) is 19.8. The predicted octanol–water partition coefficient (Wildman–Crippen LogP) is -6.85. The number of nitrogens with zero attached hydrogens (tertiary/aromatic N) is 3. The van der Waals surface area contributed by atoms with Gasteiger partial charge < -0.3 is 84.9 Å². The average Bonchev–Trinajstić information content (AvgIpc) is 1.54. The molecule has 2 aromatic rings. The number of phenols is 2. The molecule has 21 N–H and O–H groups in total. The molecule has 34 heteroatoms. The molecular weight excluding hydrogens is 1110 g/mol. The van der Waals surface area contributed by atoms with E-state index in [1.807, 2.05) is 0 Å². The molecule has 1 saturated heterocycles. The van der Waals surface area contributed by atoms with Crippen molar-refractivity contribution in [1.29, 1.82) is 0 Å². The molecule has 464 valence electrons. The van der Waals surface area contributed by atoms with Crippen LogP contribution in [0.25, 0.3) is 10.9 Å². The number of hydrogen-bond donors (Lipinski definition) is 19. The molecule has 0 radical (unpaired) electrons. The van der Waals surface area contributed by atoms with Gasteiger partial charge in [0.15, 0.2) is 17.5 Å². The highest BCUT2D eigenvalue weighted by atomic mass is 16.5. The van der Waals surface area contributed by atoms with Crippen LogP contribution in [0, 0.1) is 0 Å². The highest BCUT2D eigenvalue weighted by Gasteiger charge is 2.39. The van der Waals surface area contributed by atoms with Gasteiger partial charge in [-0.05, 0) is 89.3 Å². The highest BCUT2D eigenvalue weighted by molar-refractivity contribution is 5.99. The van der Waals surface area contributed by atoms with E-state index in [0.29, 0.717) is 11.5 Å². The van der Waals surface area contributed by atoms with Crippen molar-refractivity contribution in [3.05, 3.63) is 18.2 Å². The molecule has 0 bridgehead atoms. The number of hydrogen-bond acceptors (Lipinski definition) is 21. The maximum Gasteiger partial charge on any atom is 0.299 e. The van der Waals surface area contributed by atoms with Gasteiger partial charge in [0.25, 0.3) is 11.7 Å². The first-order valence-electron chi connectivity index (χ1n) is 27.1. The third kappa shape index (κ3) is 20.7. The van der Waals surface area contributed by atoms with Crippen LogP contribution in [0.5, 0.6) is 11.5 Å². The summed E-state index contributed by atoms with van der Waals surface area (Å²) < 4.78 is 1.38. The van der Waals surface area contributed by atoms with Gasteiger partial charge in [0, 0.05) is 43.9 Å². The number of primary amides is 1. The molecule has 12 amide bonds. The fraction of sp³-hybridized carbons (Fsp3) is 0.580. The maximum atomic E-state index is 14.2. The summed E-state index contributed by atoms with van der Waals surface area (Å²) in [4.78, 5) is 156. The Morgan fingerprint density at radius 2 is 1.39 bits per heavy atom. The summed E-state index contributed by atoms with van der Waals surface area (Å²) in [6.45, 7) is -2.88. The third-order valence-corrected chi connectivity index (χ3v) is 13.5. The fourth-order valence-electron chi connectivity index (χ4n) is 8.99. The van der Waals surface area contributed by atoms with E-state index < -0.39 is 139 Å². The molecule has 4 rings (SSSR count). The smallest absolute Gasteiger partial charge is 0.299 e. The van der Waals surface area contributed by atoms with Crippen molar-refractivity contribution in [3.8, 4) is 11.5 Å². The molecule has 1 aromatic heterocycles. The molecule has 0 saturated carbocycles. The number of benzene rings is 1. The maximum absolute atomic E-state index is 14.2. The first kappa shape index (κ1) is 67.9. The number of aromatic hydroxyl groups is 2. The van der Waals surface area contributed by atoms with Crippen LogP contribution in [-0.2, 0) is 57.5 Å². The number of fused-ring (bicyclic) bond motifs is 3. The Balaban J connectivity index is 1.51. The molecule has 3 heterocycles. The minimum absolute atomic E-state index is 0.0256. The van der Waals surface area contributed by atoms with Gasteiger partial charge >= 0.3 is 0 Å². The molecular formula is C50H76N15O19+. The van der Waals surface area contributed by atoms with Crippen molar-refractivity contribution >= 4 is 94.3 Å². The zero-order valence-electron chi connectivity index (χ0n) is 45.9. The van der Waals surface area contributed by atoms with E-state index in [4.69, 9.17) is 11.5 Å². The number of phenolic OH excluding ortho intramolecular Hbond substituents is 2. The number of amides is 12. The van der Waals surface area contributed by atoms with Crippen LogP contribution in [-0.4, -0.2) is 213 Å². The van der Waals surface area contributed by atoms with Crippen LogP contribution in [0.1, 0.15) is 89.5 Å². The van der Waals surface area contributed by atoms with Crippen LogP contribution in [0.3, 0.4) is 0 Å². The topological polar surface area (TPSA) is 529 Å². The van der Waals surface area contributed by atoms with Crippen LogP contribution < -0.4 is 69.2 Å². The highest BCUT2D eigenvalue weighted by Crippen LogP contribution is 2.35. The van der Waals surface area contributed by atoms with Crippen LogP contribution in [0.2, 0.25) is 0 Å². The zero-order chi connectivity index (χ0) is 62.0. The van der Waals surface area contributed by atoms with E-state index in [1.54, 1.807) is 0 Å². The Morgan fingerprint density at radius 1 is 0.726 bits per heavy atom. The van der Waals surface area contributed by atoms with Gasteiger partial charge in [-0.3, -0.25) is 73.3 Å². The number of unbranched alkanes of at least 4 members (excludes halogenated alkanes) is 1. The van der Waals surface area contributed by atoms with Gasteiger partial charge in [0.1, 0.15) is 53.6 Å². The molecule has 84 heavy (non-hydrogen) atoms. The second-order valence-electron chi connectivity index (χ2n) is 19.8. The molecule has 2 aliphatic rings. The van der Waals surface area contributed by atoms with Gasteiger partial charge in [-0.1, -0.05) is 0 Å². The normalized spacial score (nSPS) is 18.7. The quantitative estimate of drug-likeness (QED) is 0.00833. The van der Waals surface area contributed by atoms with Gasteiger partial charge in [-0.25, -0.2) is 14.7 Å². The van der Waals surface area contributed by atoms with E-state index in [1.165, 1.54) is 10.6 Å². The number of aliphatic hydroxyl groups excluding tert-OH is 3. The van der Waals surface area contributed by atoms with Gasteiger partial charge in [-0.2, -0.15) is 0 Å². The molecule has 0 aliphatic carbocycles. The number of carbonyl (C=O) groups excluding carboxylic acids is 12. The van der Waals surface area contributed by atoms with Crippen molar-refractivity contribution in [2.75, 3.05) is 63.1 Å². The van der Waals surface area contributed by atoms with E-state index in [9.17, 15) is 93.5 Å². The Bertz CT molecular complexity index is 2690. The first-order valence-corrected chi connectivity index (χ1v) is 27.1. The summed E-state index contributed by atoms with van der Waals surface area (Å²) in [6, 6.07) is -6.34. The number of anilines is 2. The Labute approximate surface area is 480 Å². The Hall–Kier alpha value is -8.57. The number of carbonyl (C=O) groups is 12. The number of nitrogens with two attached hydrogens (primary N) is 2. The first-order chi connectivity index (χ1) is 40.0. The third-order valence-electron chi connectivity index (χ3n) is 13.5. The van der Waals surface area contributed by atoms with Crippen molar-refractivity contribution in [2.24, 2.45) is 11.5 Å². The summed E-state index contributed by atoms with van der Waals surface area (Å²) in [5.41, 5.74) is 11.0. The molecule has 1 fully saturated rings. The largest absolute Gasteiger partial charge is 0.504 e. The van der Waals surface area contributed by atoms with E-state index in [2.05, 4.69) is 53.2 Å². The number of pyridine rings is 1. The van der Waals surface area contributed by atoms with E-state index in [-0.39, 0.29) is 150 Å². The molecule has 2 aliphatic heterocycles. The van der Waals surface area contributed by atoms with Crippen molar-refractivity contribution in [2.45, 2.75) is 132 Å². The van der Waals surface area contributed by atoms with Crippen LogP contribution >= 0.6 is 0 Å². The Kier molecular flexibility index (Phi) is 27.6. The Morgan fingerprint density at radius 3 is 2.06 bits per heavy atom. The van der Waals surface area contributed by atoms with Crippen molar-refractivity contribution in [1.82, 2.24) is 52.7 Å². The van der Waals surface area contributed by atoms with Gasteiger partial charge in [0.05, 0.1) is 26.3 Å². The minimum atomic E-state index is -1.71. The van der Waals surface area contributed by atoms with Gasteiger partial charge in [-0.15, -0.1) is 0 Å². The standard InChI is InChI=1S/C50H75N15O19/c51-14-3-1-7-28(58-49(81)34(24-67)62-50(82)35-13-16-53-43-32(57-40(73)12-11-37(70)42(52)75)19-27-20-38(71)39(72)21-36(27)65(35)43)44(76)55-22-41(74)56-29(9-5-17-63(83)25-68)46(78)59-30-8-2-4-15-54-45(77)33(23-66)61-48(80)31(60-47(30)79)10-6-18-64(84)26-69/h19-21,25-26,28-31,33-35,37,66-67,70,83-84H,1-18,22-24,51H2,(H13,52,53,54,55,56,57,58,59,60,61,62,71,72,73,74,75,76,77,78,79,80,81,82)/p+1. The van der Waals surface area contributed by atoms with E-state index >= 15 is 0 Å². The molecule has 8 unspecified atom stereocenters. The zero-order valence-corrected chi connectivity index (χ0v) is 45.9. The summed E-state index contributed by atoms with van der Waals surface area (Å²) in [5, 5.41) is 96.5. The summed E-state index contributed by atoms with van der Waals surface area (Å²) in [5.74, 6) is -10.0. The molecule has 8 atom stereocenters. The lowest BCUT2D eigenvalue weighted by atomic mass is 10.0. The van der Waals surface area contributed by atoms with Crippen LogP contribution in [0.15, 0.2) is 18.2 Å². The summed E-state index contributed by atoms with van der Waals surface area (Å²) >= 11 is 0.